The molecule has 1 aliphatic heterocycles. The summed E-state index contributed by atoms with van der Waals surface area (Å²) >= 11 is 0. The van der Waals surface area contributed by atoms with Crippen molar-refractivity contribution in [3.63, 3.8) is 0 Å². The van der Waals surface area contributed by atoms with Gasteiger partial charge < -0.3 is 10.0 Å². The van der Waals surface area contributed by atoms with E-state index in [4.69, 9.17) is 5.11 Å². The minimum atomic E-state index is -1.09. The van der Waals surface area contributed by atoms with Gasteiger partial charge in [-0.05, 0) is 38.0 Å². The number of likely N-dealkylation sites (N-methyl/N-ethyl adjacent to an activating group) is 1. The van der Waals surface area contributed by atoms with Crippen LogP contribution in [0.4, 0.5) is 0 Å². The molecule has 6 heteroatoms. The number of carbonyl (C=O) groups is 2. The summed E-state index contributed by atoms with van der Waals surface area (Å²) in [6.45, 7) is 6.55. The van der Waals surface area contributed by atoms with Crippen LogP contribution in [0.3, 0.4) is 0 Å². The van der Waals surface area contributed by atoms with Crippen molar-refractivity contribution in [3.05, 3.63) is 65.5 Å². The Morgan fingerprint density at radius 3 is 2.59 bits per heavy atom. The first-order valence-electron chi connectivity index (χ1n) is 9.30. The molecular formula is C21H25N3O3. The SMILES string of the molecule is CCN(C(=O)c1ccc(C(=O)O)nc1)C1CCN(C(C)c2ccccc2)C1. The van der Waals surface area contributed by atoms with E-state index in [1.54, 1.807) is 6.07 Å². The van der Waals surface area contributed by atoms with Gasteiger partial charge in [0.2, 0.25) is 0 Å². The summed E-state index contributed by atoms with van der Waals surface area (Å²) in [5.74, 6) is -1.19. The van der Waals surface area contributed by atoms with Crippen molar-refractivity contribution in [2.45, 2.75) is 32.4 Å². The van der Waals surface area contributed by atoms with Crippen LogP contribution in [0, 0.1) is 0 Å². The van der Waals surface area contributed by atoms with Crippen LogP contribution in [0.1, 0.15) is 52.7 Å². The number of pyridine rings is 1. The first-order chi connectivity index (χ1) is 13.0. The third-order valence-electron chi connectivity index (χ3n) is 5.30. The average molecular weight is 367 g/mol. The number of carboxylic acid groups (broad SMARTS) is 1. The normalized spacial score (nSPS) is 18.2. The first-order valence-corrected chi connectivity index (χ1v) is 9.30. The molecule has 1 aromatic carbocycles. The zero-order valence-corrected chi connectivity index (χ0v) is 15.7. The second-order valence-corrected chi connectivity index (χ2v) is 6.85. The molecule has 1 fully saturated rings. The summed E-state index contributed by atoms with van der Waals surface area (Å²) < 4.78 is 0. The van der Waals surface area contributed by atoms with Crippen LogP contribution in [0.25, 0.3) is 0 Å². The highest BCUT2D eigenvalue weighted by molar-refractivity contribution is 5.95. The number of aromatic nitrogens is 1. The first kappa shape index (κ1) is 19.0. The lowest BCUT2D eigenvalue weighted by Gasteiger charge is -2.30. The van der Waals surface area contributed by atoms with Gasteiger partial charge in [-0.15, -0.1) is 0 Å². The van der Waals surface area contributed by atoms with E-state index in [0.29, 0.717) is 18.2 Å². The van der Waals surface area contributed by atoms with Crippen molar-refractivity contribution in [2.75, 3.05) is 19.6 Å². The van der Waals surface area contributed by atoms with E-state index in [-0.39, 0.29) is 17.6 Å². The Hall–Kier alpha value is -2.73. The highest BCUT2D eigenvalue weighted by atomic mass is 16.4. The van der Waals surface area contributed by atoms with Crippen molar-refractivity contribution >= 4 is 11.9 Å². The number of nitrogens with zero attached hydrogens (tertiary/aromatic N) is 3. The molecule has 142 valence electrons. The van der Waals surface area contributed by atoms with E-state index in [1.807, 2.05) is 17.9 Å². The Bertz CT molecular complexity index is 792. The maximum Gasteiger partial charge on any atom is 0.354 e. The molecule has 1 N–H and O–H groups in total. The lowest BCUT2D eigenvalue weighted by Crippen LogP contribution is -2.42. The number of carbonyl (C=O) groups excluding carboxylic acids is 1. The van der Waals surface area contributed by atoms with Crippen molar-refractivity contribution in [1.29, 1.82) is 0 Å². The summed E-state index contributed by atoms with van der Waals surface area (Å²) in [6.07, 6.45) is 2.28. The molecule has 3 rings (SSSR count). The lowest BCUT2D eigenvalue weighted by molar-refractivity contribution is 0.0674. The van der Waals surface area contributed by atoms with Gasteiger partial charge in [-0.3, -0.25) is 9.69 Å². The Morgan fingerprint density at radius 1 is 1.26 bits per heavy atom. The number of hydrogen-bond acceptors (Lipinski definition) is 4. The Labute approximate surface area is 159 Å². The minimum Gasteiger partial charge on any atom is -0.477 e. The number of likely N-dealkylation sites (tertiary alicyclic amines) is 1. The third kappa shape index (κ3) is 4.17. The summed E-state index contributed by atoms with van der Waals surface area (Å²) in [5, 5.41) is 8.95. The van der Waals surface area contributed by atoms with E-state index in [1.165, 1.54) is 17.8 Å². The predicted molar refractivity (Wildman–Crippen MR) is 103 cm³/mol. The van der Waals surface area contributed by atoms with Gasteiger partial charge in [0.05, 0.1) is 5.56 Å². The second-order valence-electron chi connectivity index (χ2n) is 6.85. The molecule has 0 aliphatic carbocycles. The number of rotatable bonds is 6. The lowest BCUT2D eigenvalue weighted by atomic mass is 10.1. The smallest absolute Gasteiger partial charge is 0.354 e. The zero-order valence-electron chi connectivity index (χ0n) is 15.7. The molecule has 1 saturated heterocycles. The fourth-order valence-corrected chi connectivity index (χ4v) is 3.70. The molecule has 0 saturated carbocycles. The fourth-order valence-electron chi connectivity index (χ4n) is 3.70. The highest BCUT2D eigenvalue weighted by Crippen LogP contribution is 2.27. The van der Waals surface area contributed by atoms with Gasteiger partial charge in [0.15, 0.2) is 0 Å². The third-order valence-corrected chi connectivity index (χ3v) is 5.30. The molecule has 2 heterocycles. The van der Waals surface area contributed by atoms with Crippen molar-refractivity contribution < 1.29 is 14.7 Å². The topological polar surface area (TPSA) is 73.7 Å². The molecule has 2 unspecified atom stereocenters. The summed E-state index contributed by atoms with van der Waals surface area (Å²) in [5.41, 5.74) is 1.65. The molecule has 2 aromatic rings. The number of amides is 1. The van der Waals surface area contributed by atoms with Crippen LogP contribution in [-0.2, 0) is 0 Å². The Morgan fingerprint density at radius 2 is 2.00 bits per heavy atom. The van der Waals surface area contributed by atoms with Crippen molar-refractivity contribution in [2.24, 2.45) is 0 Å². The quantitative estimate of drug-likeness (QED) is 0.849. The molecule has 6 nitrogen and oxygen atoms in total. The highest BCUT2D eigenvalue weighted by Gasteiger charge is 2.32. The van der Waals surface area contributed by atoms with Crippen LogP contribution in [0.15, 0.2) is 48.7 Å². The van der Waals surface area contributed by atoms with Gasteiger partial charge in [0.25, 0.3) is 5.91 Å². The summed E-state index contributed by atoms with van der Waals surface area (Å²) in [7, 11) is 0. The molecule has 1 aliphatic rings. The largest absolute Gasteiger partial charge is 0.477 e. The minimum absolute atomic E-state index is 0.0571. The second kappa shape index (κ2) is 8.31. The van der Waals surface area contributed by atoms with Gasteiger partial charge >= 0.3 is 5.97 Å². The standard InChI is InChI=1S/C21H25N3O3/c1-3-24(20(25)17-9-10-19(21(26)27)22-13-17)18-11-12-23(14-18)15(2)16-7-5-4-6-8-16/h4-10,13,15,18H,3,11-12,14H2,1-2H3,(H,26,27). The van der Waals surface area contributed by atoms with Crippen LogP contribution in [0.5, 0.6) is 0 Å². The molecule has 27 heavy (non-hydrogen) atoms. The molecular weight excluding hydrogens is 342 g/mol. The van der Waals surface area contributed by atoms with E-state index < -0.39 is 5.97 Å². The molecule has 2 atom stereocenters. The molecule has 0 radical (unpaired) electrons. The predicted octanol–water partition coefficient (Wildman–Crippen LogP) is 3.08. The van der Waals surface area contributed by atoms with E-state index >= 15 is 0 Å². The maximum absolute atomic E-state index is 12.9. The van der Waals surface area contributed by atoms with Gasteiger partial charge in [-0.25, -0.2) is 9.78 Å². The zero-order chi connectivity index (χ0) is 19.4. The van der Waals surface area contributed by atoms with Crippen LogP contribution in [-0.4, -0.2) is 57.4 Å². The number of hydrogen-bond donors (Lipinski definition) is 1. The van der Waals surface area contributed by atoms with E-state index in [0.717, 1.165) is 19.5 Å². The van der Waals surface area contributed by atoms with Gasteiger partial charge in [0.1, 0.15) is 5.69 Å². The maximum atomic E-state index is 12.9. The van der Waals surface area contributed by atoms with Crippen LogP contribution < -0.4 is 0 Å². The molecule has 0 bridgehead atoms. The van der Waals surface area contributed by atoms with Crippen molar-refractivity contribution in [1.82, 2.24) is 14.8 Å². The summed E-state index contributed by atoms with van der Waals surface area (Å²) in [6, 6.07) is 13.8. The average Bonchev–Trinajstić information content (AvgIpc) is 3.18. The van der Waals surface area contributed by atoms with Gasteiger partial charge in [-0.1, -0.05) is 30.3 Å². The van der Waals surface area contributed by atoms with Gasteiger partial charge in [-0.2, -0.15) is 0 Å². The monoisotopic (exact) mass is 367 g/mol. The Kier molecular flexibility index (Phi) is 5.86. The number of carboxylic acids is 1. The fraction of sp³-hybridized carbons (Fsp3) is 0.381. The van der Waals surface area contributed by atoms with Gasteiger partial charge in [0, 0.05) is 37.9 Å². The number of benzene rings is 1. The van der Waals surface area contributed by atoms with E-state index in [9.17, 15) is 9.59 Å². The van der Waals surface area contributed by atoms with Crippen LogP contribution >= 0.6 is 0 Å². The number of aromatic carboxylic acids is 1. The summed E-state index contributed by atoms with van der Waals surface area (Å²) in [4.78, 5) is 32.0. The van der Waals surface area contributed by atoms with Crippen LogP contribution in [0.2, 0.25) is 0 Å². The van der Waals surface area contributed by atoms with E-state index in [2.05, 4.69) is 41.1 Å². The molecule has 0 spiro atoms. The molecule has 1 aromatic heterocycles. The molecule has 1 amide bonds. The van der Waals surface area contributed by atoms with Crippen molar-refractivity contribution in [3.8, 4) is 0 Å². The Balaban J connectivity index is 1.69.